The molecule has 0 saturated carbocycles. The van der Waals surface area contributed by atoms with E-state index in [-0.39, 0.29) is 25.0 Å². The molecule has 3 rings (SSSR count). The van der Waals surface area contributed by atoms with Crippen molar-refractivity contribution in [3.63, 3.8) is 0 Å². The largest absolute Gasteiger partial charge is 0.394 e. The van der Waals surface area contributed by atoms with Gasteiger partial charge < -0.3 is 24.4 Å². The summed E-state index contributed by atoms with van der Waals surface area (Å²) in [6, 6.07) is -0.879. The number of amidine groups is 1. The van der Waals surface area contributed by atoms with Crippen molar-refractivity contribution in [3.8, 4) is 0 Å². The molecule has 1 amide bonds. The van der Waals surface area contributed by atoms with Gasteiger partial charge in [0.1, 0.15) is 18.3 Å². The summed E-state index contributed by atoms with van der Waals surface area (Å²) in [6.07, 6.45) is -2.21. The topological polar surface area (TPSA) is 149 Å². The van der Waals surface area contributed by atoms with Gasteiger partial charge in [-0.25, -0.2) is 0 Å². The number of hydrogen-bond acceptors (Lipinski definition) is 9. The van der Waals surface area contributed by atoms with Crippen LogP contribution >= 0.6 is 0 Å². The van der Waals surface area contributed by atoms with Crippen molar-refractivity contribution < 1.29 is 29.2 Å². The number of aliphatic hydroxyl groups excluding tert-OH is 2. The maximum absolute atomic E-state index is 11.8. The Balaban J connectivity index is 1.76. The van der Waals surface area contributed by atoms with E-state index in [2.05, 4.69) is 15.3 Å². The van der Waals surface area contributed by atoms with Crippen LogP contribution in [0.15, 0.2) is 9.98 Å². The summed E-state index contributed by atoms with van der Waals surface area (Å²) in [7, 11) is 1.53. The Bertz CT molecular complexity index is 581. The lowest BCUT2D eigenvalue weighted by Gasteiger charge is -2.28. The molecule has 0 radical (unpaired) electrons. The van der Waals surface area contributed by atoms with Crippen molar-refractivity contribution in [3.05, 3.63) is 0 Å². The zero-order valence-corrected chi connectivity index (χ0v) is 13.0. The van der Waals surface area contributed by atoms with Crippen LogP contribution in [0.1, 0.15) is 0 Å². The van der Waals surface area contributed by atoms with E-state index in [1.54, 1.807) is 0 Å². The number of methoxy groups -OCH3 is 1. The summed E-state index contributed by atoms with van der Waals surface area (Å²) in [5.74, 6) is -0.578. The first-order valence-corrected chi connectivity index (χ1v) is 7.41. The van der Waals surface area contributed by atoms with Crippen molar-refractivity contribution >= 4 is 24.0 Å². The van der Waals surface area contributed by atoms with Gasteiger partial charge in [-0.3, -0.25) is 25.4 Å². The van der Waals surface area contributed by atoms with Crippen molar-refractivity contribution in [1.29, 1.82) is 5.41 Å². The lowest BCUT2D eigenvalue weighted by atomic mass is 10.1. The minimum absolute atomic E-state index is 0.196. The van der Waals surface area contributed by atoms with Crippen LogP contribution < -0.4 is 5.32 Å². The van der Waals surface area contributed by atoms with E-state index >= 15 is 0 Å². The Morgan fingerprint density at radius 2 is 2.29 bits per heavy atom. The van der Waals surface area contributed by atoms with Gasteiger partial charge >= 0.3 is 0 Å². The van der Waals surface area contributed by atoms with Gasteiger partial charge in [0.15, 0.2) is 18.1 Å². The minimum atomic E-state index is -1.11. The van der Waals surface area contributed by atoms with E-state index in [1.165, 1.54) is 18.3 Å². The number of aliphatic hydroxyl groups is 2. The molecule has 1 fully saturated rings. The molecule has 0 aliphatic carbocycles. The maximum Gasteiger partial charge on any atom is 0.259 e. The van der Waals surface area contributed by atoms with Gasteiger partial charge in [0.25, 0.3) is 5.91 Å². The second-order valence-corrected chi connectivity index (χ2v) is 5.45. The lowest BCUT2D eigenvalue weighted by molar-refractivity contribution is -0.119. The molecule has 0 aromatic carbocycles. The molecular weight excluding hydrogens is 322 g/mol. The number of ether oxygens (including phenoxy) is 3. The second-order valence-electron chi connectivity index (χ2n) is 5.45. The van der Waals surface area contributed by atoms with E-state index in [0.717, 1.165) is 0 Å². The molecule has 0 spiro atoms. The summed E-state index contributed by atoms with van der Waals surface area (Å²) in [4.78, 5) is 21.2. The molecule has 1 unspecified atom stereocenters. The lowest BCUT2D eigenvalue weighted by Crippen LogP contribution is -2.53. The molecule has 5 atom stereocenters. The molecule has 1 saturated heterocycles. The zero-order valence-electron chi connectivity index (χ0n) is 13.0. The predicted molar refractivity (Wildman–Crippen MR) is 80.8 cm³/mol. The third-order valence-electron chi connectivity index (χ3n) is 3.93. The van der Waals surface area contributed by atoms with Crippen LogP contribution in [0.2, 0.25) is 0 Å². The summed E-state index contributed by atoms with van der Waals surface area (Å²) in [5.41, 5.74) is 0. The quantitative estimate of drug-likeness (QED) is 0.383. The number of nitrogens with one attached hydrogen (secondary N) is 2. The Hall–Kier alpha value is -1.92. The van der Waals surface area contributed by atoms with Crippen LogP contribution in [-0.2, 0) is 19.0 Å². The fraction of sp³-hybridized carbons (Fsp3) is 0.692. The summed E-state index contributed by atoms with van der Waals surface area (Å²) < 4.78 is 16.1. The van der Waals surface area contributed by atoms with Gasteiger partial charge in [-0.05, 0) is 0 Å². The van der Waals surface area contributed by atoms with E-state index in [1.807, 2.05) is 0 Å². The standard InChI is InChI=1S/C13H19N5O6/c1-22-2-3-23-9-6(4-19)24-12(8(9)20)18-5-15-7-10(18)16-13(14)17-11(7)21/h5-9,12,19-20H,2-4H2,1H3,(H2,14,17,21)/t6-,7?,8-,9-,12-/m1/s1. The van der Waals surface area contributed by atoms with Crippen molar-refractivity contribution in [2.45, 2.75) is 30.6 Å². The normalized spacial score (nSPS) is 35.2. The predicted octanol–water partition coefficient (Wildman–Crippen LogP) is -2.73. The van der Waals surface area contributed by atoms with Gasteiger partial charge in [0.2, 0.25) is 5.96 Å². The third-order valence-corrected chi connectivity index (χ3v) is 3.93. The molecule has 0 bridgehead atoms. The molecule has 3 aliphatic rings. The smallest absolute Gasteiger partial charge is 0.259 e. The molecule has 3 aliphatic heterocycles. The SMILES string of the molecule is COCCO[C@H]1[C@@H](O)[C@H](N2C=NC3C(=O)NC(=N)N=C32)O[C@@H]1CO. The maximum atomic E-state index is 11.8. The second kappa shape index (κ2) is 6.91. The number of aliphatic imine (C=N–C) groups is 2. The molecule has 24 heavy (non-hydrogen) atoms. The van der Waals surface area contributed by atoms with Gasteiger partial charge in [-0.1, -0.05) is 0 Å². The molecule has 0 aromatic rings. The highest BCUT2D eigenvalue weighted by atomic mass is 16.6. The van der Waals surface area contributed by atoms with E-state index in [0.29, 0.717) is 6.61 Å². The Morgan fingerprint density at radius 3 is 3.00 bits per heavy atom. The van der Waals surface area contributed by atoms with Crippen LogP contribution in [-0.4, -0.2) is 96.7 Å². The molecule has 0 aromatic heterocycles. The van der Waals surface area contributed by atoms with E-state index in [4.69, 9.17) is 19.6 Å². The number of rotatable bonds is 6. The number of carbonyl (C=O) groups excluding carboxylic acids is 1. The molecule has 3 heterocycles. The highest BCUT2D eigenvalue weighted by molar-refractivity contribution is 6.23. The zero-order chi connectivity index (χ0) is 17.3. The number of amides is 1. The molecule has 4 N–H and O–H groups in total. The average Bonchev–Trinajstić information content (AvgIpc) is 3.09. The average molecular weight is 341 g/mol. The van der Waals surface area contributed by atoms with Crippen molar-refractivity contribution in [1.82, 2.24) is 10.2 Å². The Labute approximate surface area is 137 Å². The third kappa shape index (κ3) is 2.91. The monoisotopic (exact) mass is 341 g/mol. The first kappa shape index (κ1) is 16.9. The van der Waals surface area contributed by atoms with Gasteiger partial charge in [0, 0.05) is 7.11 Å². The summed E-state index contributed by atoms with van der Waals surface area (Å²) >= 11 is 0. The van der Waals surface area contributed by atoms with Crippen molar-refractivity contribution in [2.75, 3.05) is 26.9 Å². The van der Waals surface area contributed by atoms with Crippen molar-refractivity contribution in [2.24, 2.45) is 9.98 Å². The molecular formula is C13H19N5O6. The highest BCUT2D eigenvalue weighted by Crippen LogP contribution is 2.28. The Morgan fingerprint density at radius 1 is 1.50 bits per heavy atom. The number of fused-ring (bicyclic) bond motifs is 1. The summed E-state index contributed by atoms with van der Waals surface area (Å²) in [6.45, 7) is 0.223. The number of nitrogens with zero attached hydrogens (tertiary/aromatic N) is 3. The number of hydrogen-bond donors (Lipinski definition) is 4. The Kier molecular flexibility index (Phi) is 4.87. The van der Waals surface area contributed by atoms with Crippen LogP contribution in [0, 0.1) is 5.41 Å². The minimum Gasteiger partial charge on any atom is -0.394 e. The van der Waals surface area contributed by atoms with Crippen LogP contribution in [0.4, 0.5) is 0 Å². The van der Waals surface area contributed by atoms with Gasteiger partial charge in [-0.2, -0.15) is 4.99 Å². The summed E-state index contributed by atoms with van der Waals surface area (Å²) in [5, 5.41) is 29.8. The van der Waals surface area contributed by atoms with E-state index < -0.39 is 36.5 Å². The van der Waals surface area contributed by atoms with Gasteiger partial charge in [0.05, 0.1) is 26.2 Å². The fourth-order valence-corrected chi connectivity index (χ4v) is 2.80. The van der Waals surface area contributed by atoms with Crippen LogP contribution in [0.5, 0.6) is 0 Å². The molecule has 11 nitrogen and oxygen atoms in total. The fourth-order valence-electron chi connectivity index (χ4n) is 2.80. The van der Waals surface area contributed by atoms with Crippen LogP contribution in [0.25, 0.3) is 0 Å². The first-order chi connectivity index (χ1) is 11.6. The highest BCUT2D eigenvalue weighted by Gasteiger charge is 2.50. The van der Waals surface area contributed by atoms with Gasteiger partial charge in [-0.15, -0.1) is 0 Å². The number of guanidine groups is 1. The first-order valence-electron chi connectivity index (χ1n) is 7.41. The molecule has 132 valence electrons. The van der Waals surface area contributed by atoms with E-state index in [9.17, 15) is 15.0 Å². The van der Waals surface area contributed by atoms with Crippen LogP contribution in [0.3, 0.4) is 0 Å². The molecule has 11 heteroatoms. The number of carbonyl (C=O) groups is 1.